The Bertz CT molecular complexity index is 1620. The molecule has 1 aliphatic carbocycles. The number of alkyl halides is 3. The summed E-state index contributed by atoms with van der Waals surface area (Å²) in [6.45, 7) is 2.54. The minimum Gasteiger partial charge on any atom is -0.462 e. The van der Waals surface area contributed by atoms with Crippen molar-refractivity contribution in [2.75, 3.05) is 11.5 Å². The standard InChI is InChI=1S/C31H31F3N4O3S/c1-2-40-29(39)18-9-12-25-26(13-18)42-30(36-25)38-20-10-11-21(38)15-19(14-20)35-16-23-27(37-41-28(23)17-7-8-17)22-5-3-4-6-24(22)31(32,33)34/h3-6,9,12-13,17,19-21,35H,2,7-8,10-11,14-16H2,1H3. The van der Waals surface area contributed by atoms with Crippen molar-refractivity contribution in [3.8, 4) is 11.3 Å². The number of carbonyl (C=O) groups is 1. The third-order valence-corrected chi connectivity index (χ3v) is 9.70. The second kappa shape index (κ2) is 10.7. The van der Waals surface area contributed by atoms with Crippen molar-refractivity contribution in [2.45, 2.75) is 82.2 Å². The first-order valence-electron chi connectivity index (χ1n) is 14.5. The lowest BCUT2D eigenvalue weighted by Crippen LogP contribution is -2.49. The van der Waals surface area contributed by atoms with Crippen LogP contribution in [-0.2, 0) is 17.5 Å². The number of fused-ring (bicyclic) bond motifs is 3. The molecule has 7 nitrogen and oxygen atoms in total. The number of nitrogens with zero attached hydrogens (tertiary/aromatic N) is 3. The molecule has 0 amide bonds. The van der Waals surface area contributed by atoms with E-state index in [0.717, 1.165) is 65.5 Å². The fourth-order valence-electron chi connectivity index (χ4n) is 6.57. The smallest absolute Gasteiger partial charge is 0.417 e. The van der Waals surface area contributed by atoms with E-state index in [9.17, 15) is 18.0 Å². The number of piperidine rings is 1. The van der Waals surface area contributed by atoms with Gasteiger partial charge in [-0.2, -0.15) is 13.2 Å². The highest BCUT2D eigenvalue weighted by atomic mass is 32.1. The van der Waals surface area contributed by atoms with Crippen molar-refractivity contribution >= 4 is 32.7 Å². The fourth-order valence-corrected chi connectivity index (χ4v) is 7.72. The average Bonchev–Trinajstić information content (AvgIpc) is 3.49. The van der Waals surface area contributed by atoms with Crippen molar-refractivity contribution in [3.05, 3.63) is 64.9 Å². The largest absolute Gasteiger partial charge is 0.462 e. The molecule has 220 valence electrons. The Kier molecular flexibility index (Phi) is 6.97. The van der Waals surface area contributed by atoms with Gasteiger partial charge in [0.1, 0.15) is 11.5 Å². The summed E-state index contributed by atoms with van der Waals surface area (Å²) in [4.78, 5) is 19.5. The summed E-state index contributed by atoms with van der Waals surface area (Å²) in [5.74, 6) is 0.609. The number of anilines is 1. The zero-order chi connectivity index (χ0) is 29.0. The quantitative estimate of drug-likeness (QED) is 0.214. The van der Waals surface area contributed by atoms with Crippen LogP contribution in [0, 0.1) is 0 Å². The fraction of sp³-hybridized carbons (Fsp3) is 0.452. The molecule has 2 saturated heterocycles. The lowest BCUT2D eigenvalue weighted by molar-refractivity contribution is -0.137. The molecule has 4 heterocycles. The number of esters is 1. The lowest BCUT2D eigenvalue weighted by atomic mass is 9.96. The summed E-state index contributed by atoms with van der Waals surface area (Å²) >= 11 is 1.60. The Morgan fingerprint density at radius 3 is 2.60 bits per heavy atom. The molecule has 2 bridgehead atoms. The van der Waals surface area contributed by atoms with Crippen LogP contribution in [0.15, 0.2) is 47.0 Å². The topological polar surface area (TPSA) is 80.5 Å². The maximum Gasteiger partial charge on any atom is 0.417 e. The SMILES string of the molecule is CCOC(=O)c1ccc2nc(N3C4CCC3CC(NCc3c(-c5ccccc5C(F)(F)F)noc3C3CC3)C4)sc2c1. The van der Waals surface area contributed by atoms with Gasteiger partial charge >= 0.3 is 12.1 Å². The first-order valence-corrected chi connectivity index (χ1v) is 15.4. The molecular weight excluding hydrogens is 565 g/mol. The van der Waals surface area contributed by atoms with E-state index in [-0.39, 0.29) is 29.2 Å². The van der Waals surface area contributed by atoms with Crippen LogP contribution in [0.1, 0.15) is 78.6 Å². The maximum atomic E-state index is 13.8. The van der Waals surface area contributed by atoms with E-state index in [2.05, 4.69) is 15.4 Å². The summed E-state index contributed by atoms with van der Waals surface area (Å²) in [5, 5.41) is 8.81. The van der Waals surface area contributed by atoms with E-state index in [1.807, 2.05) is 12.1 Å². The van der Waals surface area contributed by atoms with Crippen molar-refractivity contribution in [3.63, 3.8) is 0 Å². The maximum absolute atomic E-state index is 13.8. The zero-order valence-electron chi connectivity index (χ0n) is 23.1. The molecule has 2 aromatic carbocycles. The van der Waals surface area contributed by atoms with E-state index in [0.29, 0.717) is 36.6 Å². The molecule has 2 aromatic heterocycles. The summed E-state index contributed by atoms with van der Waals surface area (Å²) in [6, 6.07) is 12.0. The molecule has 4 aromatic rings. The molecule has 42 heavy (non-hydrogen) atoms. The van der Waals surface area contributed by atoms with Gasteiger partial charge in [-0.15, -0.1) is 0 Å². The summed E-state index contributed by atoms with van der Waals surface area (Å²) < 4.78 is 53.3. The molecule has 0 spiro atoms. The van der Waals surface area contributed by atoms with E-state index in [4.69, 9.17) is 14.2 Å². The molecule has 3 aliphatic rings. The van der Waals surface area contributed by atoms with Crippen LogP contribution in [0.4, 0.5) is 18.3 Å². The molecule has 0 radical (unpaired) electrons. The summed E-state index contributed by atoms with van der Waals surface area (Å²) in [6.07, 6.45) is 1.42. The van der Waals surface area contributed by atoms with Gasteiger partial charge in [-0.25, -0.2) is 9.78 Å². The monoisotopic (exact) mass is 596 g/mol. The van der Waals surface area contributed by atoms with E-state index < -0.39 is 11.7 Å². The third kappa shape index (κ3) is 5.06. The Labute approximate surface area is 245 Å². The lowest BCUT2D eigenvalue weighted by Gasteiger charge is -2.39. The van der Waals surface area contributed by atoms with Gasteiger partial charge in [-0.1, -0.05) is 34.7 Å². The highest BCUT2D eigenvalue weighted by Gasteiger charge is 2.43. The van der Waals surface area contributed by atoms with Crippen LogP contribution >= 0.6 is 11.3 Å². The summed E-state index contributed by atoms with van der Waals surface area (Å²) in [5.41, 5.74) is 1.80. The van der Waals surface area contributed by atoms with Gasteiger partial charge in [0.25, 0.3) is 0 Å². The number of nitrogens with one attached hydrogen (secondary N) is 1. The predicted molar refractivity (Wildman–Crippen MR) is 154 cm³/mol. The molecule has 1 N–H and O–H groups in total. The number of hydrogen-bond acceptors (Lipinski definition) is 8. The van der Waals surface area contributed by atoms with Crippen LogP contribution in [0.3, 0.4) is 0 Å². The molecule has 2 aliphatic heterocycles. The predicted octanol–water partition coefficient (Wildman–Crippen LogP) is 7.31. The number of hydrogen-bond donors (Lipinski definition) is 1. The number of carbonyl (C=O) groups excluding carboxylic acids is 1. The number of benzene rings is 2. The summed E-state index contributed by atoms with van der Waals surface area (Å²) in [7, 11) is 0. The number of thiazole rings is 1. The molecule has 2 unspecified atom stereocenters. The van der Waals surface area contributed by atoms with Gasteiger partial charge in [0.2, 0.25) is 0 Å². The Hall–Kier alpha value is -3.44. The van der Waals surface area contributed by atoms with Gasteiger partial charge in [-0.05, 0) is 69.7 Å². The average molecular weight is 597 g/mol. The van der Waals surface area contributed by atoms with Crippen LogP contribution < -0.4 is 10.2 Å². The number of aromatic nitrogens is 2. The van der Waals surface area contributed by atoms with Crippen LogP contribution in [-0.4, -0.2) is 40.8 Å². The normalized spacial score (nSPS) is 22.2. The minimum absolute atomic E-state index is 0.0642. The molecule has 7 rings (SSSR count). The van der Waals surface area contributed by atoms with Gasteiger partial charge < -0.3 is 19.5 Å². The van der Waals surface area contributed by atoms with Gasteiger partial charge in [0.05, 0.1) is 28.0 Å². The van der Waals surface area contributed by atoms with Gasteiger partial charge in [-0.3, -0.25) is 0 Å². The Morgan fingerprint density at radius 1 is 1.12 bits per heavy atom. The first kappa shape index (κ1) is 27.4. The number of halogens is 3. The second-order valence-corrected chi connectivity index (χ2v) is 12.4. The molecular formula is C31H31F3N4O3S. The van der Waals surface area contributed by atoms with Crippen molar-refractivity contribution in [1.82, 2.24) is 15.5 Å². The van der Waals surface area contributed by atoms with Crippen molar-refractivity contribution in [2.24, 2.45) is 0 Å². The Morgan fingerprint density at radius 2 is 1.88 bits per heavy atom. The van der Waals surface area contributed by atoms with Gasteiger partial charge in [0, 0.05) is 41.7 Å². The zero-order valence-corrected chi connectivity index (χ0v) is 23.9. The van der Waals surface area contributed by atoms with E-state index >= 15 is 0 Å². The molecule has 3 fully saturated rings. The molecule has 11 heteroatoms. The first-order chi connectivity index (χ1) is 20.3. The Balaban J connectivity index is 1.09. The van der Waals surface area contributed by atoms with E-state index in [1.54, 1.807) is 30.4 Å². The number of ether oxygens (including phenoxy) is 1. The highest BCUT2D eigenvalue weighted by Crippen LogP contribution is 2.46. The van der Waals surface area contributed by atoms with Crippen LogP contribution in [0.2, 0.25) is 0 Å². The molecule has 1 saturated carbocycles. The minimum atomic E-state index is -4.48. The van der Waals surface area contributed by atoms with Gasteiger partial charge in [0.15, 0.2) is 5.13 Å². The second-order valence-electron chi connectivity index (χ2n) is 11.4. The van der Waals surface area contributed by atoms with E-state index in [1.165, 1.54) is 12.1 Å². The van der Waals surface area contributed by atoms with Crippen LogP contribution in [0.5, 0.6) is 0 Å². The number of rotatable bonds is 8. The third-order valence-electron chi connectivity index (χ3n) is 8.66. The van der Waals surface area contributed by atoms with Crippen molar-refractivity contribution in [1.29, 1.82) is 0 Å². The molecule has 2 atom stereocenters. The van der Waals surface area contributed by atoms with Crippen LogP contribution in [0.25, 0.3) is 21.5 Å². The van der Waals surface area contributed by atoms with Crippen molar-refractivity contribution < 1.29 is 27.2 Å². The highest BCUT2D eigenvalue weighted by molar-refractivity contribution is 7.22.